The second-order valence-corrected chi connectivity index (χ2v) is 5.66. The molecule has 1 aromatic rings. The fourth-order valence-corrected chi connectivity index (χ4v) is 2.86. The molecule has 0 unspecified atom stereocenters. The Labute approximate surface area is 121 Å². The minimum atomic E-state index is -0.388. The van der Waals surface area contributed by atoms with Crippen molar-refractivity contribution in [2.75, 3.05) is 26.9 Å². The summed E-state index contributed by atoms with van der Waals surface area (Å²) in [7, 11) is 1.38. The quantitative estimate of drug-likeness (QED) is 0.928. The monoisotopic (exact) mass is 327 g/mol. The minimum Gasteiger partial charge on any atom is -0.453 e. The van der Waals surface area contributed by atoms with Crippen LogP contribution in [0.25, 0.3) is 0 Å². The van der Waals surface area contributed by atoms with Gasteiger partial charge in [-0.25, -0.2) is 4.79 Å². The Bertz CT molecular complexity index is 444. The first-order valence-electron chi connectivity index (χ1n) is 6.32. The van der Waals surface area contributed by atoms with E-state index in [2.05, 4.69) is 38.1 Å². The fraction of sp³-hybridized carbons (Fsp3) is 0.500. The number of hydrogen-bond donors (Lipinski definition) is 1. The molecule has 1 amide bonds. The number of hydrogen-bond acceptors (Lipinski definition) is 3. The Hall–Kier alpha value is -1.07. The van der Waals surface area contributed by atoms with E-state index in [0.29, 0.717) is 6.54 Å². The van der Waals surface area contributed by atoms with E-state index in [0.717, 1.165) is 30.5 Å². The summed E-state index contributed by atoms with van der Waals surface area (Å²) in [6.07, 6.45) is 1.40. The van der Waals surface area contributed by atoms with Gasteiger partial charge in [0.15, 0.2) is 0 Å². The molecule has 1 aromatic carbocycles. The maximum Gasteiger partial charge on any atom is 0.406 e. The molecule has 0 aromatic heterocycles. The first-order valence-corrected chi connectivity index (χ1v) is 7.11. The van der Waals surface area contributed by atoms with Crippen LogP contribution in [0.5, 0.6) is 0 Å². The van der Waals surface area contributed by atoms with E-state index < -0.39 is 0 Å². The summed E-state index contributed by atoms with van der Waals surface area (Å²) < 4.78 is 11.2. The van der Waals surface area contributed by atoms with Gasteiger partial charge >= 0.3 is 6.09 Å². The number of carbonyl (C=O) groups excluding carboxylic acids is 1. The van der Waals surface area contributed by atoms with Crippen LogP contribution in [-0.4, -0.2) is 33.0 Å². The van der Waals surface area contributed by atoms with Crippen molar-refractivity contribution in [3.63, 3.8) is 0 Å². The van der Waals surface area contributed by atoms with Crippen LogP contribution >= 0.6 is 15.9 Å². The lowest BCUT2D eigenvalue weighted by Crippen LogP contribution is -2.44. The van der Waals surface area contributed by atoms with Crippen molar-refractivity contribution in [1.82, 2.24) is 5.32 Å². The largest absolute Gasteiger partial charge is 0.453 e. The average Bonchev–Trinajstić information content (AvgIpc) is 2.46. The van der Waals surface area contributed by atoms with Gasteiger partial charge in [0, 0.05) is 29.6 Å². The number of carbonyl (C=O) groups is 1. The number of alkyl carbamates (subject to hydrolysis) is 1. The Morgan fingerprint density at radius 1 is 1.47 bits per heavy atom. The first kappa shape index (κ1) is 14.3. The molecule has 1 aliphatic heterocycles. The zero-order chi connectivity index (χ0) is 13.7. The van der Waals surface area contributed by atoms with E-state index in [1.54, 1.807) is 0 Å². The molecule has 0 radical (unpaired) electrons. The Morgan fingerprint density at radius 3 is 2.84 bits per heavy atom. The SMILES string of the molecule is COC(=O)NCC1(c2cccc(Br)c2)CCOCC1. The summed E-state index contributed by atoms with van der Waals surface area (Å²) in [5.41, 5.74) is 1.15. The molecule has 0 saturated carbocycles. The summed E-state index contributed by atoms with van der Waals surface area (Å²) in [6.45, 7) is 2.00. The molecule has 0 aliphatic carbocycles. The molecule has 1 fully saturated rings. The topological polar surface area (TPSA) is 47.6 Å². The smallest absolute Gasteiger partial charge is 0.406 e. The average molecular weight is 328 g/mol. The lowest BCUT2D eigenvalue weighted by atomic mass is 9.74. The molecule has 4 nitrogen and oxygen atoms in total. The molecule has 1 N–H and O–H groups in total. The van der Waals surface area contributed by atoms with E-state index in [1.807, 2.05) is 12.1 Å². The number of amides is 1. The summed E-state index contributed by atoms with van der Waals surface area (Å²) in [4.78, 5) is 11.3. The predicted molar refractivity (Wildman–Crippen MR) is 76.3 cm³/mol. The van der Waals surface area contributed by atoms with Crippen molar-refractivity contribution in [3.05, 3.63) is 34.3 Å². The summed E-state index contributed by atoms with van der Waals surface area (Å²) in [6, 6.07) is 8.25. The van der Waals surface area contributed by atoms with E-state index in [-0.39, 0.29) is 11.5 Å². The third-order valence-electron chi connectivity index (χ3n) is 3.64. The molecule has 104 valence electrons. The van der Waals surface area contributed by atoms with Crippen molar-refractivity contribution in [1.29, 1.82) is 0 Å². The second-order valence-electron chi connectivity index (χ2n) is 4.75. The van der Waals surface area contributed by atoms with Crippen molar-refractivity contribution in [2.24, 2.45) is 0 Å². The molecule has 0 atom stereocenters. The Balaban J connectivity index is 2.21. The van der Waals surface area contributed by atoms with Crippen LogP contribution in [0, 0.1) is 0 Å². The van der Waals surface area contributed by atoms with Crippen LogP contribution < -0.4 is 5.32 Å². The minimum absolute atomic E-state index is 0.0732. The van der Waals surface area contributed by atoms with Gasteiger partial charge in [0.05, 0.1) is 7.11 Å². The van der Waals surface area contributed by atoms with Crippen LogP contribution in [0.15, 0.2) is 28.7 Å². The first-order chi connectivity index (χ1) is 9.16. The van der Waals surface area contributed by atoms with Gasteiger partial charge < -0.3 is 14.8 Å². The van der Waals surface area contributed by atoms with Gasteiger partial charge in [-0.2, -0.15) is 0 Å². The zero-order valence-corrected chi connectivity index (χ0v) is 12.5. The van der Waals surface area contributed by atoms with Gasteiger partial charge in [0.1, 0.15) is 0 Å². The van der Waals surface area contributed by atoms with Crippen LogP contribution in [0.1, 0.15) is 18.4 Å². The van der Waals surface area contributed by atoms with Crippen molar-refractivity contribution in [2.45, 2.75) is 18.3 Å². The van der Waals surface area contributed by atoms with Crippen LogP contribution in [-0.2, 0) is 14.9 Å². The lowest BCUT2D eigenvalue weighted by Gasteiger charge is -2.37. The summed E-state index contributed by atoms with van der Waals surface area (Å²) in [5, 5.41) is 2.83. The highest BCUT2D eigenvalue weighted by Gasteiger charge is 2.35. The van der Waals surface area contributed by atoms with Gasteiger partial charge in [0.25, 0.3) is 0 Å². The fourth-order valence-electron chi connectivity index (χ4n) is 2.46. The Morgan fingerprint density at radius 2 is 2.21 bits per heavy atom. The second kappa shape index (κ2) is 6.39. The summed E-state index contributed by atoms with van der Waals surface area (Å²) in [5.74, 6) is 0. The van der Waals surface area contributed by atoms with E-state index in [4.69, 9.17) is 4.74 Å². The van der Waals surface area contributed by atoms with Gasteiger partial charge in [-0.1, -0.05) is 28.1 Å². The number of methoxy groups -OCH3 is 1. The molecule has 1 aliphatic rings. The molecule has 0 spiro atoms. The van der Waals surface area contributed by atoms with Crippen molar-refractivity contribution >= 4 is 22.0 Å². The number of benzene rings is 1. The molecule has 1 saturated heterocycles. The molecule has 0 bridgehead atoms. The highest BCUT2D eigenvalue weighted by Crippen LogP contribution is 2.35. The number of ether oxygens (including phenoxy) is 2. The van der Waals surface area contributed by atoms with Crippen molar-refractivity contribution in [3.8, 4) is 0 Å². The van der Waals surface area contributed by atoms with Crippen LogP contribution in [0.4, 0.5) is 4.79 Å². The molecular weight excluding hydrogens is 310 g/mol. The van der Waals surface area contributed by atoms with Crippen LogP contribution in [0.2, 0.25) is 0 Å². The van der Waals surface area contributed by atoms with Gasteiger partial charge in [-0.05, 0) is 30.5 Å². The van der Waals surface area contributed by atoms with E-state index >= 15 is 0 Å². The molecule has 5 heteroatoms. The standard InChI is InChI=1S/C14H18BrNO3/c1-18-13(17)16-10-14(5-7-19-8-6-14)11-3-2-4-12(15)9-11/h2-4,9H,5-8,10H2,1H3,(H,16,17). The summed E-state index contributed by atoms with van der Waals surface area (Å²) >= 11 is 3.50. The molecule has 2 rings (SSSR count). The molecule has 19 heavy (non-hydrogen) atoms. The lowest BCUT2D eigenvalue weighted by molar-refractivity contribution is 0.0494. The molecular formula is C14H18BrNO3. The molecule has 1 heterocycles. The van der Waals surface area contributed by atoms with Gasteiger partial charge in [-0.15, -0.1) is 0 Å². The maximum atomic E-state index is 11.3. The number of halogens is 1. The number of nitrogens with one attached hydrogen (secondary N) is 1. The predicted octanol–water partition coefficient (Wildman–Crippen LogP) is 2.85. The third kappa shape index (κ3) is 3.48. The highest BCUT2D eigenvalue weighted by molar-refractivity contribution is 9.10. The number of rotatable bonds is 3. The van der Waals surface area contributed by atoms with Crippen molar-refractivity contribution < 1.29 is 14.3 Å². The van der Waals surface area contributed by atoms with Gasteiger partial charge in [-0.3, -0.25) is 0 Å². The van der Waals surface area contributed by atoms with E-state index in [9.17, 15) is 4.79 Å². The van der Waals surface area contributed by atoms with E-state index in [1.165, 1.54) is 12.7 Å². The maximum absolute atomic E-state index is 11.3. The third-order valence-corrected chi connectivity index (χ3v) is 4.14. The Kier molecular flexibility index (Phi) is 4.82. The zero-order valence-electron chi connectivity index (χ0n) is 10.9. The highest BCUT2D eigenvalue weighted by atomic mass is 79.9. The normalized spacial score (nSPS) is 17.8. The van der Waals surface area contributed by atoms with Gasteiger partial charge in [0.2, 0.25) is 0 Å². The van der Waals surface area contributed by atoms with Crippen LogP contribution in [0.3, 0.4) is 0 Å².